The van der Waals surface area contributed by atoms with E-state index in [1.807, 2.05) is 37.3 Å². The van der Waals surface area contributed by atoms with Crippen molar-refractivity contribution in [3.63, 3.8) is 0 Å². The smallest absolute Gasteiger partial charge is 0.416 e. The lowest BCUT2D eigenvalue weighted by atomic mass is 10.0. The Labute approximate surface area is 162 Å². The van der Waals surface area contributed by atoms with Crippen molar-refractivity contribution in [2.75, 3.05) is 12.4 Å². The Bertz CT molecular complexity index is 845. The maximum Gasteiger partial charge on any atom is 0.440 e. The summed E-state index contributed by atoms with van der Waals surface area (Å²) in [6.07, 6.45) is 2.42. The first-order valence-corrected chi connectivity index (χ1v) is 11.7. The van der Waals surface area contributed by atoms with Crippen LogP contribution in [0.5, 0.6) is 5.75 Å². The third kappa shape index (κ3) is 5.71. The van der Waals surface area contributed by atoms with Gasteiger partial charge in [-0.05, 0) is 53.8 Å². The minimum absolute atomic E-state index is 0.0578. The molecule has 0 saturated heterocycles. The number of nitrogens with two attached hydrogens (primary N) is 1. The fraction of sp³-hybridized carbons (Fsp3) is 0.294. The van der Waals surface area contributed by atoms with Crippen LogP contribution in [0.4, 0.5) is 0 Å². The second-order valence-corrected chi connectivity index (χ2v) is 9.78. The van der Waals surface area contributed by atoms with Crippen molar-refractivity contribution in [2.45, 2.75) is 20.3 Å². The predicted molar refractivity (Wildman–Crippen MR) is 114 cm³/mol. The minimum Gasteiger partial charge on any atom is -0.416 e. The van der Waals surface area contributed by atoms with E-state index in [-0.39, 0.29) is 5.11 Å². The number of hydrazone groups is 1. The van der Waals surface area contributed by atoms with E-state index in [0.717, 1.165) is 17.2 Å². The Morgan fingerprint density at radius 1 is 1.35 bits per heavy atom. The largest absolute Gasteiger partial charge is 0.440 e. The SMILES string of the molecule is CCCSP(=O)(OCC)Oc1ccc2ccccc2c1C=NNC(N)=S. The van der Waals surface area contributed by atoms with Crippen LogP contribution in [0.15, 0.2) is 41.5 Å². The van der Waals surface area contributed by atoms with Gasteiger partial charge < -0.3 is 10.3 Å². The topological polar surface area (TPSA) is 85.9 Å². The van der Waals surface area contributed by atoms with Crippen molar-refractivity contribution in [3.8, 4) is 5.75 Å². The van der Waals surface area contributed by atoms with Crippen LogP contribution in [0, 0.1) is 0 Å². The van der Waals surface area contributed by atoms with Crippen molar-refractivity contribution < 1.29 is 13.6 Å². The first kappa shape index (κ1) is 20.7. The summed E-state index contributed by atoms with van der Waals surface area (Å²) in [4.78, 5) is 0. The summed E-state index contributed by atoms with van der Waals surface area (Å²) in [5.74, 6) is 1.11. The number of fused-ring (bicyclic) bond motifs is 1. The summed E-state index contributed by atoms with van der Waals surface area (Å²) >= 11 is 5.96. The second kappa shape index (κ2) is 9.92. The van der Waals surface area contributed by atoms with Crippen LogP contribution in [0.2, 0.25) is 0 Å². The van der Waals surface area contributed by atoms with Crippen LogP contribution in [0.1, 0.15) is 25.8 Å². The van der Waals surface area contributed by atoms with Crippen molar-refractivity contribution in [3.05, 3.63) is 42.0 Å². The van der Waals surface area contributed by atoms with Crippen LogP contribution >= 0.6 is 30.4 Å². The van der Waals surface area contributed by atoms with Gasteiger partial charge in [0.1, 0.15) is 5.75 Å². The molecule has 0 aliphatic heterocycles. The fourth-order valence-corrected chi connectivity index (χ4v) is 5.73. The van der Waals surface area contributed by atoms with E-state index in [0.29, 0.717) is 23.7 Å². The van der Waals surface area contributed by atoms with E-state index in [1.165, 1.54) is 11.4 Å². The van der Waals surface area contributed by atoms with E-state index in [2.05, 4.69) is 10.5 Å². The lowest BCUT2D eigenvalue weighted by Crippen LogP contribution is -2.24. The molecule has 0 saturated carbocycles. The van der Waals surface area contributed by atoms with Gasteiger partial charge in [0.25, 0.3) is 0 Å². The molecular weight excluding hydrogens is 389 g/mol. The molecule has 2 aromatic rings. The molecule has 2 rings (SSSR count). The van der Waals surface area contributed by atoms with Crippen molar-refractivity contribution in [2.24, 2.45) is 10.8 Å². The van der Waals surface area contributed by atoms with Gasteiger partial charge in [0, 0.05) is 11.3 Å². The number of hydrogen-bond acceptors (Lipinski definition) is 6. The number of nitrogens with zero attached hydrogens (tertiary/aromatic N) is 1. The maximum absolute atomic E-state index is 13.0. The highest BCUT2D eigenvalue weighted by Crippen LogP contribution is 2.60. The molecule has 9 heteroatoms. The molecule has 0 aromatic heterocycles. The molecule has 0 fully saturated rings. The molecule has 2 aromatic carbocycles. The van der Waals surface area contributed by atoms with Crippen LogP contribution in [-0.4, -0.2) is 23.7 Å². The molecule has 0 spiro atoms. The number of benzene rings is 2. The molecule has 1 atom stereocenters. The Hall–Kier alpha value is -1.60. The van der Waals surface area contributed by atoms with Gasteiger partial charge in [0.15, 0.2) is 5.11 Å². The summed E-state index contributed by atoms with van der Waals surface area (Å²) in [6, 6.07) is 11.4. The van der Waals surface area contributed by atoms with Crippen molar-refractivity contribution in [1.82, 2.24) is 5.43 Å². The zero-order valence-electron chi connectivity index (χ0n) is 14.7. The average Bonchev–Trinajstić information content (AvgIpc) is 2.61. The number of rotatable bonds is 9. The third-order valence-corrected chi connectivity index (χ3v) is 7.28. The molecule has 3 N–H and O–H groups in total. The summed E-state index contributed by atoms with van der Waals surface area (Å²) < 4.78 is 24.3. The highest BCUT2D eigenvalue weighted by Gasteiger charge is 2.27. The summed E-state index contributed by atoms with van der Waals surface area (Å²) in [6.45, 7) is 0.772. The Balaban J connectivity index is 2.45. The molecule has 0 heterocycles. The molecule has 0 radical (unpaired) electrons. The molecule has 0 aliphatic carbocycles. The molecular formula is C17H22N3O3PS2. The first-order valence-electron chi connectivity index (χ1n) is 8.18. The van der Waals surface area contributed by atoms with Gasteiger partial charge in [-0.2, -0.15) is 5.10 Å². The number of hydrogen-bond donors (Lipinski definition) is 2. The predicted octanol–water partition coefficient (Wildman–Crippen LogP) is 4.67. The van der Waals surface area contributed by atoms with E-state index in [9.17, 15) is 4.57 Å². The lowest BCUT2D eigenvalue weighted by Gasteiger charge is -2.19. The summed E-state index contributed by atoms with van der Waals surface area (Å²) in [5.41, 5.74) is 8.61. The molecule has 0 amide bonds. The lowest BCUT2D eigenvalue weighted by molar-refractivity contribution is 0.296. The van der Waals surface area contributed by atoms with E-state index >= 15 is 0 Å². The Morgan fingerprint density at radius 3 is 2.81 bits per heavy atom. The molecule has 1 unspecified atom stereocenters. The Kier molecular flexibility index (Phi) is 7.90. The highest BCUT2D eigenvalue weighted by molar-refractivity contribution is 8.55. The van der Waals surface area contributed by atoms with Crippen molar-refractivity contribution >= 4 is 52.5 Å². The maximum atomic E-state index is 13.0. The van der Waals surface area contributed by atoms with Gasteiger partial charge in [-0.1, -0.05) is 37.3 Å². The van der Waals surface area contributed by atoms with Crippen molar-refractivity contribution in [1.29, 1.82) is 0 Å². The zero-order valence-corrected chi connectivity index (χ0v) is 17.2. The molecule has 0 bridgehead atoms. The molecule has 0 aliphatic rings. The first-order chi connectivity index (χ1) is 12.5. The van der Waals surface area contributed by atoms with Crippen LogP contribution in [0.25, 0.3) is 10.8 Å². The van der Waals surface area contributed by atoms with Gasteiger partial charge in [-0.3, -0.25) is 9.95 Å². The van der Waals surface area contributed by atoms with Gasteiger partial charge in [-0.15, -0.1) is 0 Å². The van der Waals surface area contributed by atoms with Gasteiger partial charge in [0.05, 0.1) is 12.8 Å². The van der Waals surface area contributed by atoms with Gasteiger partial charge in [-0.25, -0.2) is 4.57 Å². The highest BCUT2D eigenvalue weighted by atomic mass is 32.7. The normalized spacial score (nSPS) is 13.6. The third-order valence-electron chi connectivity index (χ3n) is 3.25. The van der Waals surface area contributed by atoms with E-state index in [4.69, 9.17) is 27.0 Å². The number of nitrogens with one attached hydrogen (secondary N) is 1. The standard InChI is InChI=1S/C17H22N3O3PS2/c1-3-11-26-24(21,22-4-2)23-16-10-9-13-7-5-6-8-14(13)15(16)12-19-20-17(18)25/h5-10,12H,3-4,11H2,1-2H3,(H3,18,20,25). The minimum atomic E-state index is -3.33. The molecule has 26 heavy (non-hydrogen) atoms. The summed E-state index contributed by atoms with van der Waals surface area (Å²) in [7, 11) is 0. The molecule has 6 nitrogen and oxygen atoms in total. The van der Waals surface area contributed by atoms with Crippen LogP contribution < -0.4 is 15.7 Å². The average molecular weight is 411 g/mol. The second-order valence-electron chi connectivity index (χ2n) is 5.22. The van der Waals surface area contributed by atoms with Gasteiger partial charge in [0.2, 0.25) is 0 Å². The van der Waals surface area contributed by atoms with Crippen LogP contribution in [-0.2, 0) is 9.09 Å². The monoisotopic (exact) mass is 411 g/mol. The fourth-order valence-electron chi connectivity index (χ4n) is 2.22. The number of thiocarbonyl (C=S) groups is 1. The van der Waals surface area contributed by atoms with Crippen LogP contribution in [0.3, 0.4) is 0 Å². The molecule has 140 valence electrons. The van der Waals surface area contributed by atoms with E-state index < -0.39 is 6.80 Å². The summed E-state index contributed by atoms with van der Waals surface area (Å²) in [5, 5.41) is 6.00. The Morgan fingerprint density at radius 2 is 2.12 bits per heavy atom. The van der Waals surface area contributed by atoms with Gasteiger partial charge >= 0.3 is 6.80 Å². The zero-order chi connectivity index (χ0) is 19.0. The quantitative estimate of drug-likeness (QED) is 0.268. The van der Waals surface area contributed by atoms with E-state index in [1.54, 1.807) is 19.2 Å².